The zero-order valence-electron chi connectivity index (χ0n) is 11.7. The summed E-state index contributed by atoms with van der Waals surface area (Å²) in [5.74, 6) is 0.828. The van der Waals surface area contributed by atoms with Crippen LogP contribution in [0.4, 0.5) is 10.1 Å². The van der Waals surface area contributed by atoms with Crippen LogP contribution < -0.4 is 4.90 Å². The van der Waals surface area contributed by atoms with Crippen LogP contribution in [0, 0.1) is 24.1 Å². The lowest BCUT2D eigenvalue weighted by Gasteiger charge is -2.19. The van der Waals surface area contributed by atoms with Crippen LogP contribution in [0.3, 0.4) is 0 Å². The van der Waals surface area contributed by atoms with Gasteiger partial charge in [0.25, 0.3) is 0 Å². The molecular weight excluding hydrogens is 271 g/mol. The molecule has 0 aliphatic rings. The van der Waals surface area contributed by atoms with Crippen LogP contribution in [0.2, 0.25) is 0 Å². The molecule has 1 amide bonds. The van der Waals surface area contributed by atoms with Gasteiger partial charge in [-0.05, 0) is 37.3 Å². The number of hydrogen-bond donors (Lipinski definition) is 0. The number of furan rings is 1. The predicted octanol–water partition coefficient (Wildman–Crippen LogP) is 3.22. The molecule has 0 fully saturated rings. The second kappa shape index (κ2) is 6.71. The number of nitrogens with zero attached hydrogens (tertiary/aromatic N) is 2. The van der Waals surface area contributed by atoms with Crippen molar-refractivity contribution in [3.05, 3.63) is 53.7 Å². The Balaban J connectivity index is 2.07. The summed E-state index contributed by atoms with van der Waals surface area (Å²) in [5, 5.41) is 8.85. The molecule has 21 heavy (non-hydrogen) atoms. The van der Waals surface area contributed by atoms with Crippen LogP contribution in [-0.2, 0) is 11.2 Å². The number of carbonyl (C=O) groups excluding carboxylic acids is 1. The van der Waals surface area contributed by atoms with Crippen molar-refractivity contribution in [2.75, 3.05) is 11.4 Å². The lowest BCUT2D eigenvalue weighted by molar-refractivity contribution is -0.118. The Morgan fingerprint density at radius 3 is 2.81 bits per heavy atom. The van der Waals surface area contributed by atoms with E-state index in [2.05, 4.69) is 0 Å². The highest BCUT2D eigenvalue weighted by Gasteiger charge is 2.16. The van der Waals surface area contributed by atoms with Crippen molar-refractivity contribution in [2.45, 2.75) is 19.8 Å². The topological polar surface area (TPSA) is 57.2 Å². The number of benzene rings is 1. The van der Waals surface area contributed by atoms with Gasteiger partial charge >= 0.3 is 0 Å². The van der Waals surface area contributed by atoms with Gasteiger partial charge in [-0.25, -0.2) is 4.39 Å². The molecule has 1 aromatic heterocycles. The van der Waals surface area contributed by atoms with Gasteiger partial charge in [-0.3, -0.25) is 9.69 Å². The molecule has 0 aliphatic carbocycles. The second-order valence-corrected chi connectivity index (χ2v) is 4.63. The molecule has 0 radical (unpaired) electrons. The molecule has 2 aromatic rings. The highest BCUT2D eigenvalue weighted by Crippen LogP contribution is 2.17. The van der Waals surface area contributed by atoms with Crippen LogP contribution in [-0.4, -0.2) is 12.5 Å². The quantitative estimate of drug-likeness (QED) is 0.793. The van der Waals surface area contributed by atoms with E-state index in [-0.39, 0.29) is 18.9 Å². The Morgan fingerprint density at radius 1 is 1.38 bits per heavy atom. The summed E-state index contributed by atoms with van der Waals surface area (Å²) in [5.41, 5.74) is 0.386. The van der Waals surface area contributed by atoms with Crippen LogP contribution in [0.1, 0.15) is 17.9 Å². The Bertz CT molecular complexity index is 673. The molecule has 0 saturated heterocycles. The third kappa shape index (κ3) is 3.93. The lowest BCUT2D eigenvalue weighted by Crippen LogP contribution is -2.31. The normalized spacial score (nSPS) is 10.1. The Hall–Kier alpha value is -2.61. The summed E-state index contributed by atoms with van der Waals surface area (Å²) in [7, 11) is 0. The van der Waals surface area contributed by atoms with E-state index >= 15 is 0 Å². The number of hydrogen-bond acceptors (Lipinski definition) is 3. The maximum atomic E-state index is 13.2. The van der Waals surface area contributed by atoms with E-state index in [4.69, 9.17) is 9.68 Å². The minimum Gasteiger partial charge on any atom is -0.466 e. The van der Waals surface area contributed by atoms with Gasteiger partial charge in [0.2, 0.25) is 5.91 Å². The number of anilines is 1. The molecule has 108 valence electrons. The van der Waals surface area contributed by atoms with Gasteiger partial charge in [-0.1, -0.05) is 6.07 Å². The largest absolute Gasteiger partial charge is 0.466 e. The lowest BCUT2D eigenvalue weighted by atomic mass is 10.2. The fraction of sp³-hybridized carbons (Fsp3) is 0.250. The molecule has 1 heterocycles. The van der Waals surface area contributed by atoms with Gasteiger partial charge in [-0.2, -0.15) is 5.26 Å². The molecule has 4 nitrogen and oxygen atoms in total. The van der Waals surface area contributed by atoms with E-state index < -0.39 is 5.82 Å². The minimum absolute atomic E-state index is 0.112. The van der Waals surface area contributed by atoms with Crippen molar-refractivity contribution in [3.63, 3.8) is 0 Å². The fourth-order valence-electron chi connectivity index (χ4n) is 2.02. The molecule has 0 N–H and O–H groups in total. The third-order valence-electron chi connectivity index (χ3n) is 3.03. The summed E-state index contributed by atoms with van der Waals surface area (Å²) in [6.07, 6.45) is 0.648. The molecular formula is C16H15FN2O2. The average molecular weight is 286 g/mol. The number of nitriles is 1. The van der Waals surface area contributed by atoms with Gasteiger partial charge in [-0.15, -0.1) is 0 Å². The van der Waals surface area contributed by atoms with Gasteiger partial charge in [0.1, 0.15) is 23.9 Å². The Kier molecular flexibility index (Phi) is 4.72. The SMILES string of the molecule is Cc1ccc(CCC(=O)N(CC#N)c2cccc(F)c2)o1. The zero-order valence-corrected chi connectivity index (χ0v) is 11.7. The number of carbonyl (C=O) groups is 1. The smallest absolute Gasteiger partial charge is 0.228 e. The summed E-state index contributed by atoms with van der Waals surface area (Å²) < 4.78 is 18.7. The van der Waals surface area contributed by atoms with Crippen molar-refractivity contribution in [1.29, 1.82) is 5.26 Å². The first-order valence-corrected chi connectivity index (χ1v) is 6.58. The summed E-state index contributed by atoms with van der Waals surface area (Å²) in [4.78, 5) is 13.5. The van der Waals surface area contributed by atoms with E-state index in [1.165, 1.54) is 23.1 Å². The summed E-state index contributed by atoms with van der Waals surface area (Å²) in [6.45, 7) is 1.72. The number of aryl methyl sites for hydroxylation is 2. The first-order valence-electron chi connectivity index (χ1n) is 6.58. The maximum Gasteiger partial charge on any atom is 0.228 e. The van der Waals surface area contributed by atoms with Crippen LogP contribution >= 0.6 is 0 Å². The van der Waals surface area contributed by atoms with Crippen molar-refractivity contribution >= 4 is 11.6 Å². The highest BCUT2D eigenvalue weighted by atomic mass is 19.1. The van der Waals surface area contributed by atoms with E-state index in [1.807, 2.05) is 25.1 Å². The van der Waals surface area contributed by atoms with Gasteiger partial charge in [0, 0.05) is 18.5 Å². The highest BCUT2D eigenvalue weighted by molar-refractivity contribution is 5.93. The molecule has 0 aliphatic heterocycles. The molecule has 2 rings (SSSR count). The van der Waals surface area contributed by atoms with Crippen molar-refractivity contribution in [2.24, 2.45) is 0 Å². The number of rotatable bonds is 5. The molecule has 0 unspecified atom stereocenters. The number of halogens is 1. The monoisotopic (exact) mass is 286 g/mol. The van der Waals surface area contributed by atoms with E-state index in [9.17, 15) is 9.18 Å². The first-order chi connectivity index (χ1) is 10.1. The molecule has 0 bridgehead atoms. The van der Waals surface area contributed by atoms with E-state index in [0.29, 0.717) is 12.1 Å². The van der Waals surface area contributed by atoms with Crippen LogP contribution in [0.15, 0.2) is 40.8 Å². The second-order valence-electron chi connectivity index (χ2n) is 4.63. The predicted molar refractivity (Wildman–Crippen MR) is 76.1 cm³/mol. The standard InChI is InChI=1S/C16H15FN2O2/c1-12-5-6-15(21-12)7-8-16(20)19(10-9-18)14-4-2-3-13(17)11-14/h2-6,11H,7-8,10H2,1H3. The van der Waals surface area contributed by atoms with Crippen molar-refractivity contribution in [3.8, 4) is 6.07 Å². The maximum absolute atomic E-state index is 13.2. The van der Waals surface area contributed by atoms with Gasteiger partial charge in [0.15, 0.2) is 0 Å². The Morgan fingerprint density at radius 2 is 2.19 bits per heavy atom. The summed E-state index contributed by atoms with van der Waals surface area (Å²) in [6, 6.07) is 11.2. The van der Waals surface area contributed by atoms with Crippen molar-refractivity contribution < 1.29 is 13.6 Å². The molecule has 0 spiro atoms. The molecule has 5 heteroatoms. The zero-order chi connectivity index (χ0) is 15.2. The molecule has 1 aromatic carbocycles. The van der Waals surface area contributed by atoms with Gasteiger partial charge in [0.05, 0.1) is 6.07 Å². The van der Waals surface area contributed by atoms with Crippen LogP contribution in [0.25, 0.3) is 0 Å². The fourth-order valence-corrected chi connectivity index (χ4v) is 2.02. The van der Waals surface area contributed by atoms with E-state index in [0.717, 1.165) is 11.5 Å². The average Bonchev–Trinajstić information content (AvgIpc) is 2.88. The summed E-state index contributed by atoms with van der Waals surface area (Å²) >= 11 is 0. The Labute approximate surface area is 122 Å². The first kappa shape index (κ1) is 14.8. The van der Waals surface area contributed by atoms with Crippen molar-refractivity contribution in [1.82, 2.24) is 0 Å². The molecule has 0 atom stereocenters. The number of amides is 1. The van der Waals surface area contributed by atoms with Gasteiger partial charge < -0.3 is 4.42 Å². The molecule has 0 saturated carbocycles. The van der Waals surface area contributed by atoms with E-state index in [1.54, 1.807) is 6.07 Å². The van der Waals surface area contributed by atoms with Crippen LogP contribution in [0.5, 0.6) is 0 Å². The third-order valence-corrected chi connectivity index (χ3v) is 3.03. The minimum atomic E-state index is -0.440.